The van der Waals surface area contributed by atoms with Crippen LogP contribution in [0.1, 0.15) is 37.9 Å². The van der Waals surface area contributed by atoms with Gasteiger partial charge in [0.05, 0.1) is 5.69 Å². The Morgan fingerprint density at radius 3 is 2.39 bits per heavy atom. The molecule has 0 saturated heterocycles. The van der Waals surface area contributed by atoms with Crippen LogP contribution >= 0.6 is 0 Å². The van der Waals surface area contributed by atoms with Crippen molar-refractivity contribution < 1.29 is 19.8 Å². The van der Waals surface area contributed by atoms with E-state index in [1.165, 1.54) is 5.56 Å². The zero-order valence-electron chi connectivity index (χ0n) is 16.3. The zero-order chi connectivity index (χ0) is 20.5. The third-order valence-electron chi connectivity index (χ3n) is 4.40. The zero-order valence-corrected chi connectivity index (χ0v) is 16.3. The summed E-state index contributed by atoms with van der Waals surface area (Å²) in [5.74, 6) is -2.02. The Labute approximate surface area is 164 Å². The van der Waals surface area contributed by atoms with E-state index in [4.69, 9.17) is 0 Å². The molecule has 2 atom stereocenters. The van der Waals surface area contributed by atoms with Crippen molar-refractivity contribution in [3.63, 3.8) is 0 Å². The monoisotopic (exact) mass is 388 g/mol. The van der Waals surface area contributed by atoms with Crippen molar-refractivity contribution in [1.29, 1.82) is 0 Å². The fourth-order valence-corrected chi connectivity index (χ4v) is 3.01. The molecular weight excluding hydrogens is 360 g/mol. The van der Waals surface area contributed by atoms with Gasteiger partial charge in [-0.3, -0.25) is 19.6 Å². The van der Waals surface area contributed by atoms with Gasteiger partial charge in [0.2, 0.25) is 0 Å². The molecular formula is C20H28N4O4. The minimum atomic E-state index is -1.10. The summed E-state index contributed by atoms with van der Waals surface area (Å²) >= 11 is 0. The Kier molecular flexibility index (Phi) is 8.13. The molecule has 8 heteroatoms. The van der Waals surface area contributed by atoms with E-state index in [1.807, 2.05) is 32.0 Å². The van der Waals surface area contributed by atoms with Gasteiger partial charge in [-0.15, -0.1) is 5.10 Å². The minimum absolute atomic E-state index is 0.0793. The lowest BCUT2D eigenvalue weighted by Crippen LogP contribution is -2.48. The molecule has 1 aromatic heterocycles. The van der Waals surface area contributed by atoms with Gasteiger partial charge >= 0.3 is 11.9 Å². The van der Waals surface area contributed by atoms with Crippen molar-refractivity contribution in [3.8, 4) is 0 Å². The molecule has 28 heavy (non-hydrogen) atoms. The van der Waals surface area contributed by atoms with Crippen LogP contribution in [0.3, 0.4) is 0 Å². The number of nitrogens with zero attached hydrogens (tertiary/aromatic N) is 3. The van der Waals surface area contributed by atoms with E-state index in [2.05, 4.69) is 27.8 Å². The average Bonchev–Trinajstić information content (AvgIpc) is 3.08. The van der Waals surface area contributed by atoms with Gasteiger partial charge in [-0.1, -0.05) is 49.4 Å². The normalized spacial score (nSPS) is 13.4. The van der Waals surface area contributed by atoms with E-state index in [1.54, 1.807) is 10.9 Å². The molecule has 3 N–H and O–H groups in total. The SMILES string of the molecule is CC(C)C[C@H](N[C@@H](Cc1cn(CCCc2ccccc2)nn1)C(=O)O)C(=O)O. The molecule has 0 saturated carbocycles. The summed E-state index contributed by atoms with van der Waals surface area (Å²) in [5.41, 5.74) is 1.77. The number of rotatable bonds is 12. The highest BCUT2D eigenvalue weighted by atomic mass is 16.4. The van der Waals surface area contributed by atoms with Gasteiger partial charge in [-0.25, -0.2) is 0 Å². The molecule has 0 radical (unpaired) electrons. The average molecular weight is 388 g/mol. The van der Waals surface area contributed by atoms with Crippen LogP contribution in [-0.4, -0.2) is 49.2 Å². The number of carboxylic acids is 2. The molecule has 8 nitrogen and oxygen atoms in total. The van der Waals surface area contributed by atoms with Crippen molar-refractivity contribution in [1.82, 2.24) is 20.3 Å². The van der Waals surface area contributed by atoms with Crippen LogP contribution in [0.5, 0.6) is 0 Å². The topological polar surface area (TPSA) is 117 Å². The first-order chi connectivity index (χ1) is 13.3. The van der Waals surface area contributed by atoms with Crippen molar-refractivity contribution >= 4 is 11.9 Å². The van der Waals surface area contributed by atoms with Crippen molar-refractivity contribution in [2.75, 3.05) is 0 Å². The summed E-state index contributed by atoms with van der Waals surface area (Å²) in [6.07, 6.45) is 3.97. The van der Waals surface area contributed by atoms with Crippen LogP contribution in [0.4, 0.5) is 0 Å². The molecule has 2 rings (SSSR count). The van der Waals surface area contributed by atoms with E-state index >= 15 is 0 Å². The van der Waals surface area contributed by atoms with Crippen LogP contribution in [0, 0.1) is 5.92 Å². The van der Waals surface area contributed by atoms with Gasteiger partial charge in [0.15, 0.2) is 0 Å². The number of benzene rings is 1. The number of hydrogen-bond donors (Lipinski definition) is 3. The van der Waals surface area contributed by atoms with Crippen LogP contribution in [0.25, 0.3) is 0 Å². The second kappa shape index (κ2) is 10.6. The quantitative estimate of drug-likeness (QED) is 0.509. The molecule has 1 aromatic carbocycles. The number of carboxylic acid groups (broad SMARTS) is 2. The summed E-state index contributed by atoms with van der Waals surface area (Å²) in [5, 5.41) is 29.6. The lowest BCUT2D eigenvalue weighted by molar-refractivity contribution is -0.142. The Morgan fingerprint density at radius 2 is 1.79 bits per heavy atom. The molecule has 2 aromatic rings. The Hall–Kier alpha value is -2.74. The van der Waals surface area contributed by atoms with Crippen molar-refractivity contribution in [2.45, 2.75) is 58.2 Å². The van der Waals surface area contributed by atoms with Gasteiger partial charge in [-0.05, 0) is 30.7 Å². The van der Waals surface area contributed by atoms with Gasteiger partial charge in [0.25, 0.3) is 0 Å². The van der Waals surface area contributed by atoms with E-state index in [9.17, 15) is 19.8 Å². The molecule has 0 amide bonds. The maximum absolute atomic E-state index is 11.6. The van der Waals surface area contributed by atoms with Gasteiger partial charge in [0, 0.05) is 19.2 Å². The van der Waals surface area contributed by atoms with E-state index in [-0.39, 0.29) is 12.3 Å². The van der Waals surface area contributed by atoms with Crippen molar-refractivity contribution in [2.24, 2.45) is 5.92 Å². The van der Waals surface area contributed by atoms with Crippen LogP contribution in [0.2, 0.25) is 0 Å². The largest absolute Gasteiger partial charge is 0.480 e. The predicted octanol–water partition coefficient (Wildman–Crippen LogP) is 2.00. The highest BCUT2D eigenvalue weighted by molar-refractivity contribution is 5.77. The number of nitrogens with one attached hydrogen (secondary N) is 1. The molecule has 0 aliphatic heterocycles. The van der Waals surface area contributed by atoms with E-state index in [0.717, 1.165) is 12.8 Å². The first kappa shape index (κ1) is 21.6. The minimum Gasteiger partial charge on any atom is -0.480 e. The Morgan fingerprint density at radius 1 is 1.11 bits per heavy atom. The third-order valence-corrected chi connectivity index (χ3v) is 4.40. The van der Waals surface area contributed by atoms with Gasteiger partial charge in [0.1, 0.15) is 12.1 Å². The van der Waals surface area contributed by atoms with Gasteiger partial charge in [-0.2, -0.15) is 0 Å². The fraction of sp³-hybridized carbons (Fsp3) is 0.500. The second-order valence-electron chi connectivity index (χ2n) is 7.34. The number of aryl methyl sites for hydroxylation is 2. The summed E-state index contributed by atoms with van der Waals surface area (Å²) in [4.78, 5) is 23.0. The fourth-order valence-electron chi connectivity index (χ4n) is 3.01. The first-order valence-corrected chi connectivity index (χ1v) is 9.49. The van der Waals surface area contributed by atoms with E-state index < -0.39 is 24.0 Å². The highest BCUT2D eigenvalue weighted by Gasteiger charge is 2.27. The number of aromatic nitrogens is 3. The predicted molar refractivity (Wildman–Crippen MR) is 104 cm³/mol. The molecule has 0 bridgehead atoms. The maximum atomic E-state index is 11.6. The Balaban J connectivity index is 1.90. The molecule has 0 unspecified atom stereocenters. The molecule has 0 aliphatic carbocycles. The Bertz CT molecular complexity index is 761. The lowest BCUT2D eigenvalue weighted by Gasteiger charge is -2.21. The van der Waals surface area contributed by atoms with Gasteiger partial charge < -0.3 is 10.2 Å². The molecule has 152 valence electrons. The number of hydrogen-bond acceptors (Lipinski definition) is 5. The molecule has 0 spiro atoms. The van der Waals surface area contributed by atoms with Crippen LogP contribution in [0.15, 0.2) is 36.5 Å². The second-order valence-corrected chi connectivity index (χ2v) is 7.34. The number of carbonyl (C=O) groups is 2. The maximum Gasteiger partial charge on any atom is 0.321 e. The van der Waals surface area contributed by atoms with Crippen LogP contribution in [-0.2, 0) is 29.0 Å². The van der Waals surface area contributed by atoms with Crippen molar-refractivity contribution in [3.05, 3.63) is 47.8 Å². The molecule has 0 aliphatic rings. The third kappa shape index (κ3) is 7.11. The summed E-state index contributed by atoms with van der Waals surface area (Å²) < 4.78 is 1.69. The smallest absolute Gasteiger partial charge is 0.321 e. The highest BCUT2D eigenvalue weighted by Crippen LogP contribution is 2.09. The summed E-state index contributed by atoms with van der Waals surface area (Å²) in [6.45, 7) is 4.47. The summed E-state index contributed by atoms with van der Waals surface area (Å²) in [6, 6.07) is 8.20. The van der Waals surface area contributed by atoms with Crippen LogP contribution < -0.4 is 5.32 Å². The van der Waals surface area contributed by atoms with E-state index in [0.29, 0.717) is 18.7 Å². The number of aliphatic carboxylic acids is 2. The molecule has 0 fully saturated rings. The first-order valence-electron chi connectivity index (χ1n) is 9.49. The molecule has 1 heterocycles. The summed E-state index contributed by atoms with van der Waals surface area (Å²) in [7, 11) is 0. The lowest BCUT2D eigenvalue weighted by atomic mass is 10.0. The standard InChI is InChI=1S/C20H28N4O4/c1-14(2)11-17(19(25)26)21-18(20(27)28)12-16-13-24(23-22-16)10-6-9-15-7-4-3-5-8-15/h3-5,7-8,13-14,17-18,21H,6,9-12H2,1-2H3,(H,25,26)(H,27,28)/t17-,18-/m0/s1.